The molecule has 7 heteroatoms. The molecule has 1 atom stereocenters. The van der Waals surface area contributed by atoms with E-state index in [1.807, 2.05) is 6.92 Å². The molecule has 1 fully saturated rings. The standard InChI is InChI=1S/C15H18FN3O2.ClH/c1-9-8-17-4-5-19(9)15(21)11-6-10-2-3-14(20)18-13(10)7-12(11)16;/h6-7,9,17H,2-5,8H2,1H3,(H,18,20);1H. The Balaban J connectivity index is 0.00000176. The molecular formula is C15H19ClFN3O2. The Morgan fingerprint density at radius 3 is 2.86 bits per heavy atom. The third-order valence-electron chi connectivity index (χ3n) is 4.08. The van der Waals surface area contributed by atoms with Crippen molar-refractivity contribution in [2.45, 2.75) is 25.8 Å². The Kier molecular flexibility index (Phi) is 5.03. The number of hydrogen-bond donors (Lipinski definition) is 2. The third kappa shape index (κ3) is 3.08. The van der Waals surface area contributed by atoms with Crippen LogP contribution in [-0.4, -0.2) is 42.4 Å². The third-order valence-corrected chi connectivity index (χ3v) is 4.08. The molecule has 2 aliphatic heterocycles. The minimum Gasteiger partial charge on any atom is -0.333 e. The van der Waals surface area contributed by atoms with Gasteiger partial charge in [0.05, 0.1) is 5.56 Å². The lowest BCUT2D eigenvalue weighted by Gasteiger charge is -2.34. The van der Waals surface area contributed by atoms with Crippen LogP contribution in [0, 0.1) is 5.82 Å². The minimum atomic E-state index is -0.577. The number of aryl methyl sites for hydroxylation is 1. The fourth-order valence-corrected chi connectivity index (χ4v) is 2.86. The monoisotopic (exact) mass is 327 g/mol. The van der Waals surface area contributed by atoms with Gasteiger partial charge in [-0.1, -0.05) is 0 Å². The van der Waals surface area contributed by atoms with Crippen molar-refractivity contribution in [1.29, 1.82) is 0 Å². The van der Waals surface area contributed by atoms with Crippen LogP contribution in [-0.2, 0) is 11.2 Å². The first-order valence-electron chi connectivity index (χ1n) is 7.20. The Morgan fingerprint density at radius 2 is 2.14 bits per heavy atom. The number of nitrogens with one attached hydrogen (secondary N) is 2. The highest BCUT2D eigenvalue weighted by atomic mass is 35.5. The van der Waals surface area contributed by atoms with Crippen LogP contribution in [0.4, 0.5) is 10.1 Å². The number of nitrogens with zero attached hydrogens (tertiary/aromatic N) is 1. The molecule has 120 valence electrons. The van der Waals surface area contributed by atoms with Gasteiger partial charge in [-0.05, 0) is 31.0 Å². The number of fused-ring (bicyclic) bond motifs is 1. The van der Waals surface area contributed by atoms with Gasteiger partial charge in [-0.25, -0.2) is 4.39 Å². The molecule has 1 aromatic rings. The highest BCUT2D eigenvalue weighted by molar-refractivity contribution is 5.98. The Hall–Kier alpha value is -1.66. The van der Waals surface area contributed by atoms with E-state index >= 15 is 0 Å². The summed E-state index contributed by atoms with van der Waals surface area (Å²) >= 11 is 0. The summed E-state index contributed by atoms with van der Waals surface area (Å²) in [4.78, 5) is 25.6. The van der Waals surface area contributed by atoms with Gasteiger partial charge >= 0.3 is 0 Å². The normalized spacial score (nSPS) is 20.7. The van der Waals surface area contributed by atoms with Gasteiger partial charge in [0, 0.05) is 37.8 Å². The molecular weight excluding hydrogens is 309 g/mol. The maximum Gasteiger partial charge on any atom is 0.257 e. The maximum absolute atomic E-state index is 14.2. The molecule has 0 aromatic heterocycles. The second-order valence-corrected chi connectivity index (χ2v) is 5.59. The second kappa shape index (κ2) is 6.62. The van der Waals surface area contributed by atoms with Gasteiger partial charge in [-0.2, -0.15) is 0 Å². The molecule has 22 heavy (non-hydrogen) atoms. The van der Waals surface area contributed by atoms with Gasteiger partial charge < -0.3 is 15.5 Å². The lowest BCUT2D eigenvalue weighted by Crippen LogP contribution is -2.52. The van der Waals surface area contributed by atoms with Crippen molar-refractivity contribution in [2.75, 3.05) is 25.0 Å². The first kappa shape index (κ1) is 16.7. The van der Waals surface area contributed by atoms with E-state index in [2.05, 4.69) is 10.6 Å². The fraction of sp³-hybridized carbons (Fsp3) is 0.467. The molecule has 0 radical (unpaired) electrons. The number of carbonyl (C=O) groups is 2. The molecule has 0 spiro atoms. The van der Waals surface area contributed by atoms with E-state index in [-0.39, 0.29) is 35.8 Å². The Bertz CT molecular complexity index is 609. The van der Waals surface area contributed by atoms with Crippen molar-refractivity contribution in [1.82, 2.24) is 10.2 Å². The van der Waals surface area contributed by atoms with E-state index in [1.165, 1.54) is 6.07 Å². The molecule has 1 saturated heterocycles. The average Bonchev–Trinajstić information content (AvgIpc) is 2.46. The smallest absolute Gasteiger partial charge is 0.257 e. The summed E-state index contributed by atoms with van der Waals surface area (Å²) in [6.45, 7) is 3.96. The number of benzene rings is 1. The number of halogens is 2. The summed E-state index contributed by atoms with van der Waals surface area (Å²) in [6.07, 6.45) is 0.912. The lowest BCUT2D eigenvalue weighted by molar-refractivity contribution is -0.116. The van der Waals surface area contributed by atoms with Gasteiger partial charge in [-0.15, -0.1) is 12.4 Å². The number of hydrogen-bond acceptors (Lipinski definition) is 3. The first-order valence-corrected chi connectivity index (χ1v) is 7.20. The van der Waals surface area contributed by atoms with E-state index in [0.717, 1.165) is 12.1 Å². The maximum atomic E-state index is 14.2. The molecule has 0 saturated carbocycles. The Labute approximate surface area is 134 Å². The van der Waals surface area contributed by atoms with Crippen LogP contribution in [0.25, 0.3) is 0 Å². The molecule has 1 aromatic carbocycles. The zero-order chi connectivity index (χ0) is 15.0. The van der Waals surface area contributed by atoms with Crippen molar-refractivity contribution in [3.8, 4) is 0 Å². The largest absolute Gasteiger partial charge is 0.333 e. The van der Waals surface area contributed by atoms with Crippen LogP contribution in [0.1, 0.15) is 29.3 Å². The van der Waals surface area contributed by atoms with E-state index in [9.17, 15) is 14.0 Å². The number of rotatable bonds is 1. The zero-order valence-electron chi connectivity index (χ0n) is 12.3. The van der Waals surface area contributed by atoms with Crippen molar-refractivity contribution in [2.24, 2.45) is 0 Å². The minimum absolute atomic E-state index is 0. The van der Waals surface area contributed by atoms with E-state index in [1.54, 1.807) is 11.0 Å². The summed E-state index contributed by atoms with van der Waals surface area (Å²) in [5.41, 5.74) is 1.40. The second-order valence-electron chi connectivity index (χ2n) is 5.59. The molecule has 2 N–H and O–H groups in total. The summed E-state index contributed by atoms with van der Waals surface area (Å²) in [5, 5.41) is 5.85. The molecule has 2 aliphatic rings. The molecule has 0 aliphatic carbocycles. The number of carbonyl (C=O) groups excluding carboxylic acids is 2. The van der Waals surface area contributed by atoms with Crippen LogP contribution in [0.5, 0.6) is 0 Å². The topological polar surface area (TPSA) is 61.4 Å². The summed E-state index contributed by atoms with van der Waals surface area (Å²) < 4.78 is 14.2. The van der Waals surface area contributed by atoms with Gasteiger partial charge in [0.2, 0.25) is 5.91 Å². The molecule has 0 bridgehead atoms. The Morgan fingerprint density at radius 1 is 1.36 bits per heavy atom. The molecule has 2 heterocycles. The van der Waals surface area contributed by atoms with Gasteiger partial charge in [-0.3, -0.25) is 9.59 Å². The van der Waals surface area contributed by atoms with Crippen LogP contribution in [0.3, 0.4) is 0 Å². The first-order chi connectivity index (χ1) is 10.1. The van der Waals surface area contributed by atoms with E-state index in [0.29, 0.717) is 31.6 Å². The number of amides is 2. The van der Waals surface area contributed by atoms with Crippen molar-refractivity contribution in [3.63, 3.8) is 0 Å². The lowest BCUT2D eigenvalue weighted by atomic mass is 9.99. The number of piperazine rings is 1. The predicted octanol–water partition coefficient (Wildman–Crippen LogP) is 1.57. The van der Waals surface area contributed by atoms with Gasteiger partial charge in [0.1, 0.15) is 5.82 Å². The van der Waals surface area contributed by atoms with Crippen molar-refractivity contribution >= 4 is 29.9 Å². The molecule has 3 rings (SSSR count). The summed E-state index contributed by atoms with van der Waals surface area (Å²) in [7, 11) is 0. The van der Waals surface area contributed by atoms with E-state index < -0.39 is 5.82 Å². The molecule has 1 unspecified atom stereocenters. The van der Waals surface area contributed by atoms with Crippen molar-refractivity contribution < 1.29 is 14.0 Å². The van der Waals surface area contributed by atoms with Crippen LogP contribution in [0.2, 0.25) is 0 Å². The SMILES string of the molecule is CC1CNCCN1C(=O)c1cc2c(cc1F)NC(=O)CC2.Cl. The highest BCUT2D eigenvalue weighted by Gasteiger charge is 2.27. The van der Waals surface area contributed by atoms with Crippen molar-refractivity contribution in [3.05, 3.63) is 29.1 Å². The average molecular weight is 328 g/mol. The van der Waals surface area contributed by atoms with Gasteiger partial charge in [0.25, 0.3) is 5.91 Å². The highest BCUT2D eigenvalue weighted by Crippen LogP contribution is 2.27. The summed E-state index contributed by atoms with van der Waals surface area (Å²) in [6, 6.07) is 2.88. The zero-order valence-corrected chi connectivity index (χ0v) is 13.1. The molecule has 5 nitrogen and oxygen atoms in total. The molecule has 2 amide bonds. The predicted molar refractivity (Wildman–Crippen MR) is 84.0 cm³/mol. The van der Waals surface area contributed by atoms with Gasteiger partial charge in [0.15, 0.2) is 0 Å². The quantitative estimate of drug-likeness (QED) is 0.823. The summed E-state index contributed by atoms with van der Waals surface area (Å²) in [5.74, 6) is -0.968. The van der Waals surface area contributed by atoms with Crippen LogP contribution >= 0.6 is 12.4 Å². The van der Waals surface area contributed by atoms with Crippen LogP contribution in [0.15, 0.2) is 12.1 Å². The van der Waals surface area contributed by atoms with E-state index in [4.69, 9.17) is 0 Å². The van der Waals surface area contributed by atoms with Crippen LogP contribution < -0.4 is 10.6 Å². The fourth-order valence-electron chi connectivity index (χ4n) is 2.86. The number of anilines is 1.